The van der Waals surface area contributed by atoms with Crippen molar-refractivity contribution in [3.63, 3.8) is 0 Å². The number of carbonyl (C=O) groups excluding carboxylic acids is 1. The van der Waals surface area contributed by atoms with E-state index in [0.717, 1.165) is 17.5 Å². The van der Waals surface area contributed by atoms with E-state index in [1.807, 2.05) is 25.1 Å². The molecule has 0 fully saturated rings. The fourth-order valence-electron chi connectivity index (χ4n) is 3.62. The molecule has 8 heteroatoms. The maximum atomic E-state index is 12.9. The number of aryl methyl sites for hydroxylation is 2. The minimum absolute atomic E-state index is 0.0284. The zero-order chi connectivity index (χ0) is 22.6. The van der Waals surface area contributed by atoms with Crippen LogP contribution in [0.25, 0.3) is 6.08 Å². The summed E-state index contributed by atoms with van der Waals surface area (Å²) < 4.78 is 11.7. The number of benzene rings is 2. The van der Waals surface area contributed by atoms with Crippen LogP contribution < -0.4 is 15.2 Å². The third kappa shape index (κ3) is 4.70. The molecular formula is C24H27N5O3. The lowest BCUT2D eigenvalue weighted by molar-refractivity contribution is -0.0149. The summed E-state index contributed by atoms with van der Waals surface area (Å²) >= 11 is 0. The molecule has 2 aromatic carbocycles. The lowest BCUT2D eigenvalue weighted by Gasteiger charge is -2.33. The molecule has 1 aliphatic heterocycles. The fraction of sp³-hybridized carbons (Fsp3) is 0.333. The molecule has 1 aliphatic rings. The summed E-state index contributed by atoms with van der Waals surface area (Å²) in [6, 6.07) is 11.7. The Balaban J connectivity index is 1.48. The van der Waals surface area contributed by atoms with Crippen LogP contribution in [0.3, 0.4) is 0 Å². The maximum Gasteiger partial charge on any atom is 0.256 e. The third-order valence-corrected chi connectivity index (χ3v) is 5.49. The van der Waals surface area contributed by atoms with Gasteiger partial charge in [-0.1, -0.05) is 50.1 Å². The number of aromatic amines is 1. The SMILES string of the molecule is CCCCCc1ccc(C=CC(=O)c2cc3c(cc2C)OCC(N)(c2nn[nH]n2)O3)cc1. The second-order valence-electron chi connectivity index (χ2n) is 8.03. The summed E-state index contributed by atoms with van der Waals surface area (Å²) in [6.45, 7) is 4.09. The van der Waals surface area contributed by atoms with Gasteiger partial charge in [0.15, 0.2) is 17.3 Å². The largest absolute Gasteiger partial charge is 0.483 e. The second kappa shape index (κ2) is 9.32. The van der Waals surface area contributed by atoms with Gasteiger partial charge in [0, 0.05) is 5.56 Å². The Morgan fingerprint density at radius 2 is 2.03 bits per heavy atom. The van der Waals surface area contributed by atoms with Gasteiger partial charge in [0.25, 0.3) is 5.72 Å². The standard InChI is InChI=1S/C24H27N5O3/c1-3-4-5-6-17-7-9-18(10-8-17)11-12-20(30)19-14-22-21(13-16(19)2)31-15-24(25,32-22)23-26-28-29-27-23/h7-14H,3-6,15,25H2,1-2H3,(H,26,27,28,29). The molecule has 0 spiro atoms. The van der Waals surface area contributed by atoms with Gasteiger partial charge in [0.1, 0.15) is 6.61 Å². The van der Waals surface area contributed by atoms with Crippen LogP contribution in [0.2, 0.25) is 0 Å². The van der Waals surface area contributed by atoms with Gasteiger partial charge < -0.3 is 9.47 Å². The topological polar surface area (TPSA) is 116 Å². The predicted octanol–water partition coefficient (Wildman–Crippen LogP) is 3.72. The zero-order valence-corrected chi connectivity index (χ0v) is 18.3. The Bertz CT molecular complexity index is 1110. The molecule has 0 saturated heterocycles. The van der Waals surface area contributed by atoms with Crippen molar-refractivity contribution in [1.82, 2.24) is 20.6 Å². The van der Waals surface area contributed by atoms with Crippen molar-refractivity contribution in [3.8, 4) is 11.5 Å². The van der Waals surface area contributed by atoms with Crippen molar-refractivity contribution >= 4 is 11.9 Å². The minimum atomic E-state index is -1.38. The molecule has 32 heavy (non-hydrogen) atoms. The van der Waals surface area contributed by atoms with Crippen LogP contribution in [0.4, 0.5) is 0 Å². The van der Waals surface area contributed by atoms with Crippen molar-refractivity contribution in [3.05, 3.63) is 70.6 Å². The number of nitrogens with two attached hydrogens (primary N) is 1. The van der Waals surface area contributed by atoms with E-state index in [1.165, 1.54) is 24.8 Å². The number of rotatable bonds is 8. The first kappa shape index (κ1) is 21.7. The number of hydrogen-bond donors (Lipinski definition) is 2. The molecule has 1 unspecified atom stereocenters. The number of tetrazole rings is 1. The molecular weight excluding hydrogens is 406 g/mol. The van der Waals surface area contributed by atoms with Crippen molar-refractivity contribution in [1.29, 1.82) is 0 Å². The average Bonchev–Trinajstić information content (AvgIpc) is 3.34. The van der Waals surface area contributed by atoms with Crippen LogP contribution >= 0.6 is 0 Å². The van der Waals surface area contributed by atoms with Crippen molar-refractivity contribution in [2.24, 2.45) is 5.73 Å². The summed E-state index contributed by atoms with van der Waals surface area (Å²) in [5, 5.41) is 13.7. The Morgan fingerprint density at radius 3 is 2.75 bits per heavy atom. The molecule has 4 rings (SSSR count). The van der Waals surface area contributed by atoms with E-state index in [9.17, 15) is 4.79 Å². The van der Waals surface area contributed by atoms with Crippen LogP contribution in [0, 0.1) is 6.92 Å². The minimum Gasteiger partial charge on any atom is -0.483 e. The van der Waals surface area contributed by atoms with Crippen molar-refractivity contribution in [2.75, 3.05) is 6.61 Å². The second-order valence-corrected chi connectivity index (χ2v) is 8.03. The van der Waals surface area contributed by atoms with Crippen molar-refractivity contribution < 1.29 is 14.3 Å². The number of ether oxygens (including phenoxy) is 2. The van der Waals surface area contributed by atoms with E-state index in [-0.39, 0.29) is 18.2 Å². The molecule has 8 nitrogen and oxygen atoms in total. The van der Waals surface area contributed by atoms with Crippen LogP contribution in [-0.4, -0.2) is 33.0 Å². The number of carbonyl (C=O) groups is 1. The number of ketones is 1. The Labute approximate surface area is 186 Å². The normalized spacial score (nSPS) is 17.6. The van der Waals surface area contributed by atoms with Gasteiger partial charge in [-0.15, -0.1) is 10.2 Å². The number of nitrogens with zero attached hydrogens (tertiary/aromatic N) is 3. The van der Waals surface area contributed by atoms with Gasteiger partial charge >= 0.3 is 0 Å². The molecule has 2 heterocycles. The number of nitrogens with one attached hydrogen (secondary N) is 1. The Morgan fingerprint density at radius 1 is 1.22 bits per heavy atom. The van der Waals surface area contributed by atoms with E-state index in [1.54, 1.807) is 18.2 Å². The number of allylic oxidation sites excluding steroid dienone is 1. The summed E-state index contributed by atoms with van der Waals surface area (Å²) in [5.41, 5.74) is 8.47. The molecule has 0 aliphatic carbocycles. The van der Waals surface area contributed by atoms with Gasteiger partial charge in [0.2, 0.25) is 5.82 Å². The first-order chi connectivity index (χ1) is 15.5. The highest BCUT2D eigenvalue weighted by Gasteiger charge is 2.40. The molecule has 3 aromatic rings. The molecule has 0 saturated carbocycles. The van der Waals surface area contributed by atoms with Crippen LogP contribution in [0.5, 0.6) is 11.5 Å². The summed E-state index contributed by atoms with van der Waals surface area (Å²) in [6.07, 6.45) is 8.13. The lowest BCUT2D eigenvalue weighted by atomic mass is 10.0. The number of unbranched alkanes of at least 4 members (excludes halogenated alkanes) is 2. The van der Waals surface area contributed by atoms with E-state index in [2.05, 4.69) is 39.7 Å². The Kier molecular flexibility index (Phi) is 6.32. The molecule has 1 atom stereocenters. The number of fused-ring (bicyclic) bond motifs is 1. The smallest absolute Gasteiger partial charge is 0.256 e. The molecule has 3 N–H and O–H groups in total. The quantitative estimate of drug-likeness (QED) is 0.316. The van der Waals surface area contributed by atoms with Gasteiger partial charge in [-0.25, -0.2) is 0 Å². The van der Waals surface area contributed by atoms with E-state index in [0.29, 0.717) is 17.1 Å². The highest BCUT2D eigenvalue weighted by atomic mass is 16.6. The van der Waals surface area contributed by atoms with E-state index >= 15 is 0 Å². The first-order valence-corrected chi connectivity index (χ1v) is 10.8. The molecule has 0 bridgehead atoms. The molecule has 166 valence electrons. The summed E-state index contributed by atoms with van der Waals surface area (Å²) in [7, 11) is 0. The van der Waals surface area contributed by atoms with Gasteiger partial charge in [-0.3, -0.25) is 10.5 Å². The highest BCUT2D eigenvalue weighted by Crippen LogP contribution is 2.38. The van der Waals surface area contributed by atoms with Crippen LogP contribution in [0.15, 0.2) is 42.5 Å². The lowest BCUT2D eigenvalue weighted by Crippen LogP contribution is -2.51. The number of H-pyrrole nitrogens is 1. The maximum absolute atomic E-state index is 12.9. The van der Waals surface area contributed by atoms with Crippen LogP contribution in [-0.2, 0) is 12.1 Å². The fourth-order valence-corrected chi connectivity index (χ4v) is 3.62. The number of hydrogen-bond acceptors (Lipinski definition) is 7. The molecule has 0 amide bonds. The zero-order valence-electron chi connectivity index (χ0n) is 18.3. The van der Waals surface area contributed by atoms with Crippen molar-refractivity contribution in [2.45, 2.75) is 45.3 Å². The van der Waals surface area contributed by atoms with E-state index in [4.69, 9.17) is 15.2 Å². The van der Waals surface area contributed by atoms with Gasteiger partial charge in [-0.2, -0.15) is 5.21 Å². The van der Waals surface area contributed by atoms with Crippen LogP contribution in [0.1, 0.15) is 59.1 Å². The highest BCUT2D eigenvalue weighted by molar-refractivity contribution is 6.08. The average molecular weight is 434 g/mol. The van der Waals surface area contributed by atoms with Gasteiger partial charge in [0.05, 0.1) is 0 Å². The first-order valence-electron chi connectivity index (χ1n) is 10.8. The summed E-state index contributed by atoms with van der Waals surface area (Å²) in [5.74, 6) is 0.928. The van der Waals surface area contributed by atoms with E-state index < -0.39 is 5.72 Å². The van der Waals surface area contributed by atoms with Gasteiger partial charge in [-0.05, 0) is 59.9 Å². The monoisotopic (exact) mass is 433 g/mol. The number of aromatic nitrogens is 4. The summed E-state index contributed by atoms with van der Waals surface area (Å²) in [4.78, 5) is 12.9. The molecule has 1 aromatic heterocycles. The molecule has 0 radical (unpaired) electrons. The predicted molar refractivity (Wildman–Crippen MR) is 120 cm³/mol. The Hall–Kier alpha value is -3.52. The third-order valence-electron chi connectivity index (χ3n) is 5.49.